The standard InChI is InChI=1S/C11H9ClF7N/c12-7-2-1-6(13)3-5(7)4-8(20)9(10(14,15)16)11(17,18)19/h1-3,8-9H,4,20H2. The van der Waals surface area contributed by atoms with E-state index in [1.54, 1.807) is 0 Å². The van der Waals surface area contributed by atoms with E-state index in [1.165, 1.54) is 0 Å². The van der Waals surface area contributed by atoms with Gasteiger partial charge in [0.05, 0.1) is 0 Å². The van der Waals surface area contributed by atoms with Crippen molar-refractivity contribution in [3.63, 3.8) is 0 Å². The molecule has 1 nitrogen and oxygen atoms in total. The predicted molar refractivity (Wildman–Crippen MR) is 58.7 cm³/mol. The lowest BCUT2D eigenvalue weighted by Gasteiger charge is -2.28. The molecule has 1 aromatic rings. The van der Waals surface area contributed by atoms with E-state index in [-0.39, 0.29) is 10.6 Å². The minimum absolute atomic E-state index is 0.148. The van der Waals surface area contributed by atoms with Crippen molar-refractivity contribution in [1.29, 1.82) is 0 Å². The Morgan fingerprint density at radius 3 is 2.00 bits per heavy atom. The van der Waals surface area contributed by atoms with Gasteiger partial charge in [0.2, 0.25) is 0 Å². The highest BCUT2D eigenvalue weighted by Crippen LogP contribution is 2.41. The summed E-state index contributed by atoms with van der Waals surface area (Å²) in [5, 5.41) is -0.148. The van der Waals surface area contributed by atoms with E-state index < -0.39 is 36.6 Å². The molecule has 0 fully saturated rings. The van der Waals surface area contributed by atoms with E-state index in [9.17, 15) is 30.7 Å². The average molecular weight is 324 g/mol. The van der Waals surface area contributed by atoms with Crippen LogP contribution in [0.1, 0.15) is 5.56 Å². The molecule has 0 radical (unpaired) electrons. The summed E-state index contributed by atoms with van der Waals surface area (Å²) in [5.74, 6) is -4.53. The third kappa shape index (κ3) is 4.24. The fraction of sp³-hybridized carbons (Fsp3) is 0.455. The van der Waals surface area contributed by atoms with Gasteiger partial charge in [-0.2, -0.15) is 26.3 Å². The van der Waals surface area contributed by atoms with E-state index in [2.05, 4.69) is 0 Å². The van der Waals surface area contributed by atoms with Gasteiger partial charge in [-0.3, -0.25) is 0 Å². The summed E-state index contributed by atoms with van der Waals surface area (Å²) in [6, 6.07) is 0.415. The van der Waals surface area contributed by atoms with Crippen LogP contribution in [0.25, 0.3) is 0 Å². The molecule has 0 spiro atoms. The third-order valence-electron chi connectivity index (χ3n) is 2.60. The van der Waals surface area contributed by atoms with Crippen molar-refractivity contribution in [2.45, 2.75) is 24.8 Å². The Morgan fingerprint density at radius 1 is 1.05 bits per heavy atom. The van der Waals surface area contributed by atoms with Crippen LogP contribution in [-0.4, -0.2) is 18.4 Å². The Hall–Kier alpha value is -1.02. The first-order valence-corrected chi connectivity index (χ1v) is 5.63. The predicted octanol–water partition coefficient (Wildman–Crippen LogP) is 4.09. The van der Waals surface area contributed by atoms with Crippen LogP contribution in [0.4, 0.5) is 30.7 Å². The molecule has 0 saturated carbocycles. The van der Waals surface area contributed by atoms with Crippen molar-refractivity contribution in [2.24, 2.45) is 11.7 Å². The van der Waals surface area contributed by atoms with Crippen molar-refractivity contribution in [3.05, 3.63) is 34.6 Å². The number of rotatable bonds is 3. The van der Waals surface area contributed by atoms with Gasteiger partial charge in [-0.15, -0.1) is 0 Å². The van der Waals surface area contributed by atoms with Gasteiger partial charge >= 0.3 is 12.4 Å². The summed E-state index contributed by atoms with van der Waals surface area (Å²) >= 11 is 5.59. The molecule has 1 aromatic carbocycles. The van der Waals surface area contributed by atoms with Crippen LogP contribution in [0.2, 0.25) is 5.02 Å². The van der Waals surface area contributed by atoms with E-state index in [1.807, 2.05) is 0 Å². The summed E-state index contributed by atoms with van der Waals surface area (Å²) in [5.41, 5.74) is 4.81. The molecule has 0 bridgehead atoms. The van der Waals surface area contributed by atoms with Crippen molar-refractivity contribution >= 4 is 11.6 Å². The summed E-state index contributed by atoms with van der Waals surface area (Å²) in [6.07, 6.45) is -11.9. The molecule has 1 atom stereocenters. The molecule has 0 aromatic heterocycles. The number of nitrogens with two attached hydrogens (primary N) is 1. The Bertz CT molecular complexity index is 455. The smallest absolute Gasteiger partial charge is 0.327 e. The molecule has 2 N–H and O–H groups in total. The zero-order valence-electron chi connectivity index (χ0n) is 9.69. The molecule has 9 heteroatoms. The van der Waals surface area contributed by atoms with Crippen molar-refractivity contribution < 1.29 is 30.7 Å². The maximum atomic E-state index is 12.9. The number of hydrogen-bond donors (Lipinski definition) is 1. The fourth-order valence-electron chi connectivity index (χ4n) is 1.74. The van der Waals surface area contributed by atoms with E-state index in [4.69, 9.17) is 17.3 Å². The normalized spacial score (nSPS) is 14.7. The molecule has 0 aliphatic heterocycles. The second kappa shape index (κ2) is 5.77. The van der Waals surface area contributed by atoms with Gasteiger partial charge in [0.25, 0.3) is 0 Å². The molecule has 0 saturated heterocycles. The highest BCUT2D eigenvalue weighted by Gasteiger charge is 2.59. The lowest BCUT2D eigenvalue weighted by molar-refractivity contribution is -0.289. The lowest BCUT2D eigenvalue weighted by atomic mass is 9.93. The largest absolute Gasteiger partial charge is 0.402 e. The van der Waals surface area contributed by atoms with Gasteiger partial charge in [0.15, 0.2) is 5.92 Å². The van der Waals surface area contributed by atoms with Gasteiger partial charge in [0.1, 0.15) is 5.82 Å². The molecule has 0 aliphatic rings. The molecule has 0 amide bonds. The maximum absolute atomic E-state index is 12.9. The van der Waals surface area contributed by atoms with Crippen molar-refractivity contribution in [3.8, 4) is 0 Å². The highest BCUT2D eigenvalue weighted by atomic mass is 35.5. The van der Waals surface area contributed by atoms with E-state index in [0.29, 0.717) is 0 Å². The number of halogens is 8. The number of benzene rings is 1. The minimum Gasteiger partial charge on any atom is -0.327 e. The first-order valence-electron chi connectivity index (χ1n) is 5.26. The molecule has 0 heterocycles. The zero-order valence-corrected chi connectivity index (χ0v) is 10.5. The lowest BCUT2D eigenvalue weighted by Crippen LogP contribution is -2.49. The first-order chi connectivity index (χ1) is 8.93. The van der Waals surface area contributed by atoms with Gasteiger partial charge in [-0.05, 0) is 30.2 Å². The second-order valence-electron chi connectivity index (χ2n) is 4.16. The van der Waals surface area contributed by atoms with E-state index in [0.717, 1.165) is 18.2 Å². The van der Waals surface area contributed by atoms with Crippen molar-refractivity contribution in [1.82, 2.24) is 0 Å². The molecule has 0 aliphatic carbocycles. The Morgan fingerprint density at radius 2 is 1.55 bits per heavy atom. The maximum Gasteiger partial charge on any atom is 0.402 e. The molecular weight excluding hydrogens is 315 g/mol. The Labute approximate surface area is 114 Å². The van der Waals surface area contributed by atoms with Crippen LogP contribution in [-0.2, 0) is 6.42 Å². The topological polar surface area (TPSA) is 26.0 Å². The molecule has 20 heavy (non-hydrogen) atoms. The van der Waals surface area contributed by atoms with Crippen LogP contribution < -0.4 is 5.73 Å². The van der Waals surface area contributed by atoms with Crippen LogP contribution in [0, 0.1) is 11.7 Å². The third-order valence-corrected chi connectivity index (χ3v) is 2.97. The van der Waals surface area contributed by atoms with Crippen LogP contribution in [0.5, 0.6) is 0 Å². The zero-order chi connectivity index (χ0) is 15.7. The second-order valence-corrected chi connectivity index (χ2v) is 4.57. The fourth-order valence-corrected chi connectivity index (χ4v) is 1.94. The first kappa shape index (κ1) is 17.0. The van der Waals surface area contributed by atoms with Crippen LogP contribution in [0.3, 0.4) is 0 Å². The minimum atomic E-state index is -5.54. The molecule has 114 valence electrons. The van der Waals surface area contributed by atoms with Crippen LogP contribution >= 0.6 is 11.6 Å². The number of hydrogen-bond acceptors (Lipinski definition) is 1. The summed E-state index contributed by atoms with van der Waals surface area (Å²) in [6.45, 7) is 0. The van der Waals surface area contributed by atoms with Crippen LogP contribution in [0.15, 0.2) is 18.2 Å². The Balaban J connectivity index is 3.03. The Kier molecular flexibility index (Phi) is 4.91. The van der Waals surface area contributed by atoms with Gasteiger partial charge in [-0.1, -0.05) is 11.6 Å². The quantitative estimate of drug-likeness (QED) is 0.833. The number of alkyl halides is 6. The van der Waals surface area contributed by atoms with E-state index >= 15 is 0 Å². The molecule has 1 rings (SSSR count). The monoisotopic (exact) mass is 323 g/mol. The SMILES string of the molecule is NC(Cc1cc(F)ccc1Cl)C(C(F)(F)F)C(F)(F)F. The average Bonchev–Trinajstić information content (AvgIpc) is 2.18. The molecular formula is C11H9ClF7N. The van der Waals surface area contributed by atoms with Gasteiger partial charge in [0, 0.05) is 11.1 Å². The highest BCUT2D eigenvalue weighted by molar-refractivity contribution is 6.31. The molecule has 1 unspecified atom stereocenters. The summed E-state index contributed by atoms with van der Waals surface area (Å²) in [4.78, 5) is 0. The van der Waals surface area contributed by atoms with Gasteiger partial charge < -0.3 is 5.73 Å². The summed E-state index contributed by atoms with van der Waals surface area (Å²) < 4.78 is 87.6. The van der Waals surface area contributed by atoms with Crippen molar-refractivity contribution in [2.75, 3.05) is 0 Å². The summed E-state index contributed by atoms with van der Waals surface area (Å²) in [7, 11) is 0. The van der Waals surface area contributed by atoms with Gasteiger partial charge in [-0.25, -0.2) is 4.39 Å².